The molecule has 108 valence electrons. The van der Waals surface area contributed by atoms with E-state index in [0.29, 0.717) is 13.2 Å². The van der Waals surface area contributed by atoms with E-state index in [1.165, 1.54) is 0 Å². The summed E-state index contributed by atoms with van der Waals surface area (Å²) in [6.45, 7) is 7.47. The smallest absolute Gasteiger partial charge is 0.248 e. The van der Waals surface area contributed by atoms with E-state index in [0.717, 1.165) is 18.6 Å². The van der Waals surface area contributed by atoms with E-state index in [9.17, 15) is 4.79 Å². The van der Waals surface area contributed by atoms with E-state index in [4.69, 9.17) is 10.6 Å². The molecule has 0 aromatic carbocycles. The lowest BCUT2D eigenvalue weighted by Crippen LogP contribution is -2.36. The molecule has 0 saturated heterocycles. The number of ether oxygens (including phenoxy) is 1. The fourth-order valence-electron chi connectivity index (χ4n) is 1.45. The van der Waals surface area contributed by atoms with Crippen LogP contribution in [-0.4, -0.2) is 37.5 Å². The summed E-state index contributed by atoms with van der Waals surface area (Å²) < 4.78 is 5.62. The lowest BCUT2D eigenvalue weighted by Gasteiger charge is -2.24. The van der Waals surface area contributed by atoms with Gasteiger partial charge in [-0.25, -0.2) is 5.90 Å². The topological polar surface area (TPSA) is 73.6 Å². The van der Waals surface area contributed by atoms with Crippen molar-refractivity contribution in [2.45, 2.75) is 39.7 Å². The van der Waals surface area contributed by atoms with Crippen LogP contribution < -0.4 is 11.2 Å². The fourth-order valence-corrected chi connectivity index (χ4v) is 2.05. The van der Waals surface area contributed by atoms with Crippen LogP contribution in [0, 0.1) is 5.41 Å². The van der Waals surface area contributed by atoms with Crippen LogP contribution in [0.5, 0.6) is 0 Å². The second-order valence-electron chi connectivity index (χ2n) is 5.26. The number of nitrogens with two attached hydrogens (primary N) is 1. The molecule has 0 aliphatic carbocycles. The number of thiol groups is 1. The molecular formula is C12H26N2O3S. The van der Waals surface area contributed by atoms with E-state index < -0.39 is 0 Å². The molecule has 18 heavy (non-hydrogen) atoms. The van der Waals surface area contributed by atoms with Crippen LogP contribution in [0.1, 0.15) is 33.6 Å². The van der Waals surface area contributed by atoms with Crippen molar-refractivity contribution in [3.8, 4) is 0 Å². The molecule has 0 aromatic heterocycles. The Morgan fingerprint density at radius 2 is 2.17 bits per heavy atom. The third kappa shape index (κ3) is 9.70. The number of hydrogen-bond acceptors (Lipinski definition) is 5. The Bertz CT molecular complexity index is 237. The number of carbonyl (C=O) groups is 1. The minimum absolute atomic E-state index is 0.0561. The number of nitrogens with one attached hydrogen (secondary N) is 1. The Morgan fingerprint density at radius 1 is 1.50 bits per heavy atom. The molecule has 0 heterocycles. The monoisotopic (exact) mass is 278 g/mol. The fraction of sp³-hybridized carbons (Fsp3) is 0.917. The van der Waals surface area contributed by atoms with Crippen LogP contribution in [-0.2, 0) is 14.4 Å². The largest absolute Gasteiger partial charge is 0.381 e. The zero-order chi connectivity index (χ0) is 14.0. The van der Waals surface area contributed by atoms with Crippen LogP contribution in [0.15, 0.2) is 0 Å². The quantitative estimate of drug-likeness (QED) is 0.318. The predicted molar refractivity (Wildman–Crippen MR) is 75.4 cm³/mol. The average Bonchev–Trinajstić information content (AvgIpc) is 2.24. The van der Waals surface area contributed by atoms with Gasteiger partial charge in [0.25, 0.3) is 0 Å². The van der Waals surface area contributed by atoms with Crippen LogP contribution >= 0.6 is 12.6 Å². The second-order valence-corrected chi connectivity index (χ2v) is 5.71. The van der Waals surface area contributed by atoms with Crippen molar-refractivity contribution >= 4 is 18.5 Å². The molecule has 0 aliphatic heterocycles. The van der Waals surface area contributed by atoms with Gasteiger partial charge in [0.15, 0.2) is 0 Å². The summed E-state index contributed by atoms with van der Waals surface area (Å²) in [7, 11) is 0. The summed E-state index contributed by atoms with van der Waals surface area (Å²) in [5.74, 6) is 5.47. The molecule has 6 heteroatoms. The predicted octanol–water partition coefficient (Wildman–Crippen LogP) is 1.13. The molecular weight excluding hydrogens is 252 g/mol. The molecule has 3 N–H and O–H groups in total. The molecule has 0 rings (SSSR count). The molecule has 0 saturated carbocycles. The summed E-state index contributed by atoms with van der Waals surface area (Å²) in [6, 6.07) is 0.0561. The van der Waals surface area contributed by atoms with E-state index in [2.05, 4.69) is 36.6 Å². The highest BCUT2D eigenvalue weighted by atomic mass is 32.1. The molecule has 1 unspecified atom stereocenters. The normalized spacial score (nSPS) is 13.4. The van der Waals surface area contributed by atoms with Gasteiger partial charge in [-0.1, -0.05) is 13.8 Å². The minimum atomic E-state index is -0.208. The van der Waals surface area contributed by atoms with Gasteiger partial charge in [0.05, 0.1) is 6.61 Å². The van der Waals surface area contributed by atoms with Gasteiger partial charge in [-0.15, -0.1) is 0 Å². The Labute approximate surface area is 115 Å². The van der Waals surface area contributed by atoms with Gasteiger partial charge in [0.1, 0.15) is 6.61 Å². The van der Waals surface area contributed by atoms with Gasteiger partial charge in [0.2, 0.25) is 5.91 Å². The van der Waals surface area contributed by atoms with Gasteiger partial charge in [-0.3, -0.25) is 9.63 Å². The van der Waals surface area contributed by atoms with Crippen LogP contribution in [0.4, 0.5) is 0 Å². The minimum Gasteiger partial charge on any atom is -0.381 e. The van der Waals surface area contributed by atoms with Gasteiger partial charge < -0.3 is 10.1 Å². The average molecular weight is 278 g/mol. The number of rotatable bonds is 10. The van der Waals surface area contributed by atoms with E-state index in [-0.39, 0.29) is 24.0 Å². The summed E-state index contributed by atoms with van der Waals surface area (Å²) in [6.07, 6.45) is 1.80. The van der Waals surface area contributed by atoms with Gasteiger partial charge in [-0.05, 0) is 30.9 Å². The standard InChI is InChI=1S/C12H26N2O3S/c1-10(14-11(15)8-17-13)4-6-16-9-12(2,3)5-7-18/h10,18H,4-9,13H2,1-3H3,(H,14,15). The van der Waals surface area contributed by atoms with Gasteiger partial charge in [-0.2, -0.15) is 12.6 Å². The molecule has 0 spiro atoms. The Morgan fingerprint density at radius 3 is 2.72 bits per heavy atom. The van der Waals surface area contributed by atoms with Crippen molar-refractivity contribution < 1.29 is 14.4 Å². The van der Waals surface area contributed by atoms with Crippen molar-refractivity contribution in [3.63, 3.8) is 0 Å². The molecule has 0 aromatic rings. The summed E-state index contributed by atoms with van der Waals surface area (Å²) in [4.78, 5) is 15.4. The first-order chi connectivity index (χ1) is 8.41. The molecule has 0 bridgehead atoms. The van der Waals surface area contributed by atoms with Crippen molar-refractivity contribution in [1.82, 2.24) is 5.32 Å². The molecule has 0 radical (unpaired) electrons. The van der Waals surface area contributed by atoms with E-state index in [1.54, 1.807) is 0 Å². The highest BCUT2D eigenvalue weighted by Crippen LogP contribution is 2.21. The highest BCUT2D eigenvalue weighted by molar-refractivity contribution is 7.80. The van der Waals surface area contributed by atoms with Crippen LogP contribution in [0.3, 0.4) is 0 Å². The summed E-state index contributed by atoms with van der Waals surface area (Å²) >= 11 is 4.22. The molecule has 1 amide bonds. The zero-order valence-electron chi connectivity index (χ0n) is 11.6. The van der Waals surface area contributed by atoms with E-state index in [1.807, 2.05) is 6.92 Å². The maximum Gasteiger partial charge on any atom is 0.248 e. The third-order valence-electron chi connectivity index (χ3n) is 2.60. The maximum absolute atomic E-state index is 11.2. The van der Waals surface area contributed by atoms with Gasteiger partial charge in [0, 0.05) is 12.6 Å². The van der Waals surface area contributed by atoms with Crippen molar-refractivity contribution in [1.29, 1.82) is 0 Å². The van der Waals surface area contributed by atoms with Crippen LogP contribution in [0.2, 0.25) is 0 Å². The zero-order valence-corrected chi connectivity index (χ0v) is 12.5. The van der Waals surface area contributed by atoms with Gasteiger partial charge >= 0.3 is 0 Å². The van der Waals surface area contributed by atoms with Crippen molar-refractivity contribution in [2.75, 3.05) is 25.6 Å². The molecule has 0 fully saturated rings. The molecule has 5 nitrogen and oxygen atoms in total. The molecule has 1 atom stereocenters. The first kappa shape index (κ1) is 17.7. The Balaban J connectivity index is 3.62. The summed E-state index contributed by atoms with van der Waals surface area (Å²) in [5, 5.41) is 2.77. The number of amides is 1. The van der Waals surface area contributed by atoms with E-state index >= 15 is 0 Å². The maximum atomic E-state index is 11.2. The van der Waals surface area contributed by atoms with Crippen molar-refractivity contribution in [3.05, 3.63) is 0 Å². The molecule has 0 aliphatic rings. The lowest BCUT2D eigenvalue weighted by molar-refractivity contribution is -0.126. The summed E-state index contributed by atoms with van der Waals surface area (Å²) in [5.41, 5.74) is 0.154. The Kier molecular flexibility index (Phi) is 9.45. The third-order valence-corrected chi connectivity index (χ3v) is 2.82. The first-order valence-corrected chi connectivity index (χ1v) is 6.84. The number of hydrogen-bond donors (Lipinski definition) is 3. The highest BCUT2D eigenvalue weighted by Gasteiger charge is 2.17. The number of carbonyl (C=O) groups excluding carboxylic acids is 1. The second kappa shape index (κ2) is 9.61. The lowest BCUT2D eigenvalue weighted by atomic mass is 9.91. The Hall–Kier alpha value is -0.300. The van der Waals surface area contributed by atoms with Crippen LogP contribution in [0.25, 0.3) is 0 Å². The SMILES string of the molecule is CC(CCOCC(C)(C)CCS)NC(=O)CON. The first-order valence-electron chi connectivity index (χ1n) is 6.21. The van der Waals surface area contributed by atoms with Crippen molar-refractivity contribution in [2.24, 2.45) is 11.3 Å².